The third kappa shape index (κ3) is 3.15. The van der Waals surface area contributed by atoms with E-state index in [9.17, 15) is 18.0 Å². The Morgan fingerprint density at radius 3 is 2.53 bits per heavy atom. The van der Waals surface area contributed by atoms with E-state index >= 15 is 0 Å². The predicted molar refractivity (Wildman–Crippen MR) is 59.2 cm³/mol. The molecule has 0 fully saturated rings. The largest absolute Gasteiger partial charge is 0.462 e. The molecule has 0 N–H and O–H groups in total. The first-order valence-electron chi connectivity index (χ1n) is 4.83. The van der Waals surface area contributed by atoms with Gasteiger partial charge in [-0.25, -0.2) is 4.79 Å². The Morgan fingerprint density at radius 2 is 2.06 bits per heavy atom. The van der Waals surface area contributed by atoms with Crippen LogP contribution in [0.25, 0.3) is 0 Å². The van der Waals surface area contributed by atoms with Gasteiger partial charge in [-0.2, -0.15) is 13.2 Å². The number of hydrogen-bond acceptors (Lipinski definition) is 3. The zero-order valence-electron chi connectivity index (χ0n) is 9.30. The molecule has 0 aliphatic rings. The monoisotopic (exact) mass is 264 g/mol. The molecule has 0 saturated carbocycles. The second kappa shape index (κ2) is 5.44. The van der Waals surface area contributed by atoms with Crippen LogP contribution in [-0.4, -0.2) is 18.8 Å². The lowest BCUT2D eigenvalue weighted by Crippen LogP contribution is -2.16. The summed E-state index contributed by atoms with van der Waals surface area (Å²) in [6.45, 7) is 1.59. The number of rotatable bonds is 3. The maximum Gasteiger partial charge on any atom is 0.418 e. The lowest BCUT2D eigenvalue weighted by atomic mass is 10.1. The number of alkyl halides is 3. The summed E-state index contributed by atoms with van der Waals surface area (Å²) in [7, 11) is 0. The fourth-order valence-corrected chi connectivity index (χ4v) is 2.02. The number of thioether (sulfide) groups is 1. The molecule has 0 aliphatic carbocycles. The number of carbonyl (C=O) groups is 1. The highest BCUT2D eigenvalue weighted by atomic mass is 32.2. The van der Waals surface area contributed by atoms with Crippen LogP contribution in [0, 0.1) is 0 Å². The number of hydrogen-bond donors (Lipinski definition) is 0. The predicted octanol–water partition coefficient (Wildman–Crippen LogP) is 3.60. The van der Waals surface area contributed by atoms with Crippen LogP contribution in [0.2, 0.25) is 0 Å². The molecule has 94 valence electrons. The van der Waals surface area contributed by atoms with E-state index in [0.29, 0.717) is 0 Å². The van der Waals surface area contributed by atoms with Crippen molar-refractivity contribution in [3.8, 4) is 0 Å². The number of halogens is 3. The van der Waals surface area contributed by atoms with Crippen LogP contribution in [0.5, 0.6) is 0 Å². The molecule has 17 heavy (non-hydrogen) atoms. The summed E-state index contributed by atoms with van der Waals surface area (Å²) in [6, 6.07) is 3.87. The zero-order chi connectivity index (χ0) is 13.1. The van der Waals surface area contributed by atoms with E-state index in [-0.39, 0.29) is 11.5 Å². The van der Waals surface area contributed by atoms with Crippen molar-refractivity contribution in [2.45, 2.75) is 18.0 Å². The summed E-state index contributed by atoms with van der Waals surface area (Å²) in [4.78, 5) is 11.5. The molecule has 0 spiro atoms. The molecule has 0 bridgehead atoms. The minimum atomic E-state index is -4.57. The molecule has 0 atom stereocenters. The van der Waals surface area contributed by atoms with Gasteiger partial charge in [0.25, 0.3) is 0 Å². The van der Waals surface area contributed by atoms with Crippen LogP contribution in [0.3, 0.4) is 0 Å². The van der Waals surface area contributed by atoms with Crippen LogP contribution in [0.4, 0.5) is 13.2 Å². The summed E-state index contributed by atoms with van der Waals surface area (Å²) in [5.41, 5.74) is -1.36. The number of esters is 1. The van der Waals surface area contributed by atoms with Crippen LogP contribution in [0.1, 0.15) is 22.8 Å². The zero-order valence-corrected chi connectivity index (χ0v) is 10.1. The van der Waals surface area contributed by atoms with Crippen molar-refractivity contribution in [2.24, 2.45) is 0 Å². The molecule has 0 radical (unpaired) electrons. The van der Waals surface area contributed by atoms with Gasteiger partial charge in [0.05, 0.1) is 17.7 Å². The molecule has 6 heteroatoms. The summed E-state index contributed by atoms with van der Waals surface area (Å²) < 4.78 is 43.2. The lowest BCUT2D eigenvalue weighted by Gasteiger charge is -2.15. The molecule has 0 saturated heterocycles. The Balaban J connectivity index is 3.35. The summed E-state index contributed by atoms with van der Waals surface area (Å²) in [5.74, 6) is -0.948. The first kappa shape index (κ1) is 13.9. The lowest BCUT2D eigenvalue weighted by molar-refractivity contribution is -0.140. The third-order valence-electron chi connectivity index (χ3n) is 2.02. The van der Waals surface area contributed by atoms with Gasteiger partial charge in [-0.3, -0.25) is 0 Å². The van der Waals surface area contributed by atoms with Crippen LogP contribution in [0.15, 0.2) is 23.1 Å². The smallest absolute Gasteiger partial charge is 0.418 e. The maximum absolute atomic E-state index is 12.9. The van der Waals surface area contributed by atoms with Gasteiger partial charge in [0.2, 0.25) is 0 Å². The van der Waals surface area contributed by atoms with Crippen molar-refractivity contribution >= 4 is 17.7 Å². The van der Waals surface area contributed by atoms with Gasteiger partial charge >= 0.3 is 12.1 Å². The van der Waals surface area contributed by atoms with Gasteiger partial charge in [0, 0.05) is 4.90 Å². The second-order valence-corrected chi connectivity index (χ2v) is 3.95. The molecule has 0 aliphatic heterocycles. The molecule has 0 heterocycles. The van der Waals surface area contributed by atoms with Crippen molar-refractivity contribution in [1.29, 1.82) is 0 Å². The van der Waals surface area contributed by atoms with Gasteiger partial charge in [-0.1, -0.05) is 6.07 Å². The average molecular weight is 264 g/mol. The van der Waals surface area contributed by atoms with Gasteiger partial charge < -0.3 is 4.74 Å². The number of benzene rings is 1. The molecule has 1 aromatic carbocycles. The Labute approximate surface area is 101 Å². The van der Waals surface area contributed by atoms with Gasteiger partial charge in [-0.15, -0.1) is 11.8 Å². The molecule has 1 rings (SSSR count). The van der Waals surface area contributed by atoms with E-state index in [4.69, 9.17) is 0 Å². The van der Waals surface area contributed by atoms with Gasteiger partial charge in [-0.05, 0) is 25.3 Å². The quantitative estimate of drug-likeness (QED) is 0.616. The van der Waals surface area contributed by atoms with Crippen molar-refractivity contribution in [3.63, 3.8) is 0 Å². The van der Waals surface area contributed by atoms with E-state index in [2.05, 4.69) is 4.74 Å². The standard InChI is InChI=1S/C11H11F3O2S/c1-3-16-10(15)7-5-4-6-8(17-2)9(7)11(12,13)14/h4-6H,3H2,1-2H3. The van der Waals surface area contributed by atoms with Crippen molar-refractivity contribution in [1.82, 2.24) is 0 Å². The fourth-order valence-electron chi connectivity index (χ4n) is 1.37. The highest BCUT2D eigenvalue weighted by Gasteiger charge is 2.38. The molecule has 0 amide bonds. The van der Waals surface area contributed by atoms with Gasteiger partial charge in [0.15, 0.2) is 0 Å². The summed E-state index contributed by atoms with van der Waals surface area (Å²) in [6.07, 6.45) is -3.04. The van der Waals surface area contributed by atoms with E-state index in [1.807, 2.05) is 0 Å². The Kier molecular flexibility index (Phi) is 4.45. The number of carbonyl (C=O) groups excluding carboxylic acids is 1. The first-order chi connectivity index (χ1) is 7.91. The minimum Gasteiger partial charge on any atom is -0.462 e. The van der Waals surface area contributed by atoms with Crippen LogP contribution in [-0.2, 0) is 10.9 Å². The normalized spacial score (nSPS) is 11.4. The van der Waals surface area contributed by atoms with Crippen LogP contribution >= 0.6 is 11.8 Å². The molecular formula is C11H11F3O2S. The van der Waals surface area contributed by atoms with Crippen molar-refractivity contribution in [2.75, 3.05) is 12.9 Å². The summed E-state index contributed by atoms with van der Waals surface area (Å²) >= 11 is 0.944. The van der Waals surface area contributed by atoms with E-state index in [0.717, 1.165) is 17.8 Å². The first-order valence-corrected chi connectivity index (χ1v) is 6.05. The van der Waals surface area contributed by atoms with Crippen LogP contribution < -0.4 is 0 Å². The Bertz CT molecular complexity index is 416. The average Bonchev–Trinajstić information content (AvgIpc) is 2.27. The van der Waals surface area contributed by atoms with E-state index < -0.39 is 23.3 Å². The second-order valence-electron chi connectivity index (χ2n) is 3.10. The number of ether oxygens (including phenoxy) is 1. The van der Waals surface area contributed by atoms with E-state index in [1.165, 1.54) is 18.4 Å². The Morgan fingerprint density at radius 1 is 1.41 bits per heavy atom. The topological polar surface area (TPSA) is 26.3 Å². The highest BCUT2D eigenvalue weighted by molar-refractivity contribution is 7.98. The minimum absolute atomic E-state index is 0.0167. The van der Waals surface area contributed by atoms with Crippen molar-refractivity contribution in [3.05, 3.63) is 29.3 Å². The fraction of sp³-hybridized carbons (Fsp3) is 0.364. The van der Waals surface area contributed by atoms with Crippen molar-refractivity contribution < 1.29 is 22.7 Å². The molecular weight excluding hydrogens is 253 g/mol. The Hall–Kier alpha value is -1.17. The molecule has 0 unspecified atom stereocenters. The third-order valence-corrected chi connectivity index (χ3v) is 2.80. The molecule has 1 aromatic rings. The highest BCUT2D eigenvalue weighted by Crippen LogP contribution is 2.38. The maximum atomic E-state index is 12.9. The SMILES string of the molecule is CCOC(=O)c1cccc(SC)c1C(F)(F)F. The molecule has 2 nitrogen and oxygen atoms in total. The molecule has 0 aromatic heterocycles. The van der Waals surface area contributed by atoms with Gasteiger partial charge in [0.1, 0.15) is 0 Å². The van der Waals surface area contributed by atoms with E-state index in [1.54, 1.807) is 6.92 Å². The summed E-state index contributed by atoms with van der Waals surface area (Å²) in [5, 5.41) is 0.